The van der Waals surface area contributed by atoms with E-state index in [0.717, 1.165) is 16.8 Å². The number of halogens is 2. The lowest BCUT2D eigenvalue weighted by Crippen LogP contribution is -2.48. The van der Waals surface area contributed by atoms with Gasteiger partial charge in [0.25, 0.3) is 5.91 Å². The van der Waals surface area contributed by atoms with E-state index < -0.39 is 5.91 Å². The van der Waals surface area contributed by atoms with E-state index in [0.29, 0.717) is 54.1 Å². The Kier molecular flexibility index (Phi) is 8.18. The second-order valence-corrected chi connectivity index (χ2v) is 9.65. The normalized spacial score (nSPS) is 13.4. The minimum atomic E-state index is -0.473. The number of hydrogen-bond donors (Lipinski definition) is 2. The molecule has 0 atom stereocenters. The van der Waals surface area contributed by atoms with Gasteiger partial charge < -0.3 is 19.5 Å². The maximum atomic E-state index is 12.6. The molecule has 0 aliphatic carbocycles. The third-order valence-electron chi connectivity index (χ3n) is 5.99. The minimum absolute atomic E-state index is 0.117. The van der Waals surface area contributed by atoms with Crippen molar-refractivity contribution >= 4 is 63.7 Å². The van der Waals surface area contributed by atoms with Gasteiger partial charge in [-0.3, -0.25) is 14.9 Å². The standard InChI is InChI=1S/C26H26Cl2N4O3S/c1-3-24(33)32-12-10-31(11-13-32)21-7-6-18(15-20(21)28)29-26(36)30-25(34)23-9-8-22(35-23)17-5-4-16(2)19(27)14-17/h4-9,14-15H,3,10-13H2,1-2H3,(H2,29,30,34,36). The van der Waals surface area contributed by atoms with E-state index >= 15 is 0 Å². The Labute approximate surface area is 225 Å². The summed E-state index contributed by atoms with van der Waals surface area (Å²) in [6.07, 6.45) is 0.514. The fourth-order valence-corrected chi connectivity index (χ4v) is 4.64. The summed E-state index contributed by atoms with van der Waals surface area (Å²) in [6.45, 7) is 6.56. The van der Waals surface area contributed by atoms with Gasteiger partial charge in [-0.25, -0.2) is 0 Å². The predicted octanol–water partition coefficient (Wildman–Crippen LogP) is 5.75. The number of aryl methyl sites for hydroxylation is 1. The number of thiocarbonyl (C=S) groups is 1. The van der Waals surface area contributed by atoms with Gasteiger partial charge in [-0.1, -0.05) is 42.3 Å². The molecule has 0 radical (unpaired) electrons. The largest absolute Gasteiger partial charge is 0.451 e. The summed E-state index contributed by atoms with van der Waals surface area (Å²) in [5.41, 5.74) is 3.27. The molecule has 0 bridgehead atoms. The van der Waals surface area contributed by atoms with Gasteiger partial charge in [0, 0.05) is 48.9 Å². The third-order valence-corrected chi connectivity index (χ3v) is 6.91. The van der Waals surface area contributed by atoms with Crippen molar-refractivity contribution in [2.75, 3.05) is 36.4 Å². The molecule has 1 aliphatic heterocycles. The molecule has 0 unspecified atom stereocenters. The second kappa shape index (κ2) is 11.3. The summed E-state index contributed by atoms with van der Waals surface area (Å²) >= 11 is 18.0. The van der Waals surface area contributed by atoms with Crippen LogP contribution in [0.1, 0.15) is 29.5 Å². The number of amides is 2. The van der Waals surface area contributed by atoms with Gasteiger partial charge >= 0.3 is 0 Å². The van der Waals surface area contributed by atoms with Crippen LogP contribution in [-0.4, -0.2) is 48.0 Å². The highest BCUT2D eigenvalue weighted by Crippen LogP contribution is 2.30. The van der Waals surface area contributed by atoms with Crippen molar-refractivity contribution in [3.63, 3.8) is 0 Å². The molecule has 3 aromatic rings. The van der Waals surface area contributed by atoms with Gasteiger partial charge in [0.1, 0.15) is 5.76 Å². The van der Waals surface area contributed by atoms with Crippen molar-refractivity contribution < 1.29 is 14.0 Å². The number of carbonyl (C=O) groups is 2. The lowest BCUT2D eigenvalue weighted by Gasteiger charge is -2.36. The van der Waals surface area contributed by atoms with E-state index in [1.54, 1.807) is 24.3 Å². The van der Waals surface area contributed by atoms with Crippen LogP contribution >= 0.6 is 35.4 Å². The Balaban J connectivity index is 1.34. The number of furan rings is 1. The molecule has 1 saturated heterocycles. The molecule has 10 heteroatoms. The molecule has 1 aromatic heterocycles. The first-order valence-corrected chi connectivity index (χ1v) is 12.7. The molecule has 1 aliphatic rings. The molecular formula is C26H26Cl2N4O3S. The van der Waals surface area contributed by atoms with Crippen LogP contribution < -0.4 is 15.5 Å². The molecule has 0 saturated carbocycles. The zero-order valence-electron chi connectivity index (χ0n) is 19.9. The van der Waals surface area contributed by atoms with Crippen LogP contribution in [0.25, 0.3) is 11.3 Å². The van der Waals surface area contributed by atoms with Crippen LogP contribution in [0.2, 0.25) is 10.0 Å². The fraction of sp³-hybridized carbons (Fsp3) is 0.269. The van der Waals surface area contributed by atoms with Crippen LogP contribution in [-0.2, 0) is 4.79 Å². The van der Waals surface area contributed by atoms with E-state index in [2.05, 4.69) is 15.5 Å². The quantitative estimate of drug-likeness (QED) is 0.398. The number of carbonyl (C=O) groups excluding carboxylic acids is 2. The van der Waals surface area contributed by atoms with Crippen LogP contribution in [0.4, 0.5) is 11.4 Å². The van der Waals surface area contributed by atoms with E-state index in [9.17, 15) is 9.59 Å². The number of nitrogens with zero attached hydrogens (tertiary/aromatic N) is 2. The second-order valence-electron chi connectivity index (χ2n) is 8.42. The van der Waals surface area contributed by atoms with E-state index in [1.807, 2.05) is 43.0 Å². The Morgan fingerprint density at radius 2 is 1.75 bits per heavy atom. The highest BCUT2D eigenvalue weighted by Gasteiger charge is 2.22. The average Bonchev–Trinajstić information content (AvgIpc) is 3.36. The predicted molar refractivity (Wildman–Crippen MR) is 148 cm³/mol. The highest BCUT2D eigenvalue weighted by molar-refractivity contribution is 7.80. The van der Waals surface area contributed by atoms with Crippen molar-refractivity contribution in [2.24, 2.45) is 0 Å². The summed E-state index contributed by atoms with van der Waals surface area (Å²) in [7, 11) is 0. The van der Waals surface area contributed by atoms with Crippen molar-refractivity contribution in [1.29, 1.82) is 0 Å². The monoisotopic (exact) mass is 544 g/mol. The molecule has 2 amide bonds. The van der Waals surface area contributed by atoms with Gasteiger partial charge in [0.05, 0.1) is 10.7 Å². The van der Waals surface area contributed by atoms with Crippen LogP contribution in [0, 0.1) is 6.92 Å². The molecule has 188 valence electrons. The maximum Gasteiger partial charge on any atom is 0.293 e. The number of nitrogens with one attached hydrogen (secondary N) is 2. The summed E-state index contributed by atoms with van der Waals surface area (Å²) in [6, 6.07) is 14.4. The molecule has 7 nitrogen and oxygen atoms in total. The molecule has 36 heavy (non-hydrogen) atoms. The van der Waals surface area contributed by atoms with Gasteiger partial charge in [-0.15, -0.1) is 0 Å². The molecule has 2 aromatic carbocycles. The van der Waals surface area contributed by atoms with E-state index in [4.69, 9.17) is 39.8 Å². The molecule has 4 rings (SSSR count). The van der Waals surface area contributed by atoms with Crippen molar-refractivity contribution in [3.05, 3.63) is 69.9 Å². The van der Waals surface area contributed by atoms with Gasteiger partial charge in [0.15, 0.2) is 10.9 Å². The lowest BCUT2D eigenvalue weighted by atomic mass is 10.1. The van der Waals surface area contributed by atoms with Gasteiger partial charge in [-0.05, 0) is 61.1 Å². The molecule has 2 heterocycles. The molecule has 1 fully saturated rings. The van der Waals surface area contributed by atoms with Crippen LogP contribution in [0.5, 0.6) is 0 Å². The third kappa shape index (κ3) is 6.00. The maximum absolute atomic E-state index is 12.6. The molecule has 0 spiro atoms. The zero-order chi connectivity index (χ0) is 25.8. The van der Waals surface area contributed by atoms with E-state index in [1.165, 1.54) is 0 Å². The van der Waals surface area contributed by atoms with Crippen molar-refractivity contribution in [3.8, 4) is 11.3 Å². The van der Waals surface area contributed by atoms with E-state index in [-0.39, 0.29) is 16.8 Å². The number of hydrogen-bond acceptors (Lipinski definition) is 5. The summed E-state index contributed by atoms with van der Waals surface area (Å²) in [5, 5.41) is 6.89. The smallest absolute Gasteiger partial charge is 0.293 e. The summed E-state index contributed by atoms with van der Waals surface area (Å²) < 4.78 is 5.70. The first-order chi connectivity index (χ1) is 17.2. The SMILES string of the molecule is CCC(=O)N1CCN(c2ccc(NC(=S)NC(=O)c3ccc(-c4ccc(C)c(Cl)c4)o3)cc2Cl)CC1. The van der Waals surface area contributed by atoms with Gasteiger partial charge in [-0.2, -0.15) is 0 Å². The Hall–Kier alpha value is -3.07. The highest BCUT2D eigenvalue weighted by atomic mass is 35.5. The Bertz CT molecular complexity index is 1300. The summed E-state index contributed by atoms with van der Waals surface area (Å²) in [5.74, 6) is 0.350. The first-order valence-electron chi connectivity index (χ1n) is 11.6. The van der Waals surface area contributed by atoms with Gasteiger partial charge in [0.2, 0.25) is 5.91 Å². The molecular weight excluding hydrogens is 519 g/mol. The zero-order valence-corrected chi connectivity index (χ0v) is 22.3. The van der Waals surface area contributed by atoms with Crippen LogP contribution in [0.3, 0.4) is 0 Å². The number of anilines is 2. The summed E-state index contributed by atoms with van der Waals surface area (Å²) in [4.78, 5) is 28.5. The number of benzene rings is 2. The first kappa shape index (κ1) is 26.0. The van der Waals surface area contributed by atoms with Crippen molar-refractivity contribution in [2.45, 2.75) is 20.3 Å². The molecule has 2 N–H and O–H groups in total. The lowest BCUT2D eigenvalue weighted by molar-refractivity contribution is -0.131. The average molecular weight is 545 g/mol. The van der Waals surface area contributed by atoms with Crippen LogP contribution in [0.15, 0.2) is 52.9 Å². The number of piperazine rings is 1. The topological polar surface area (TPSA) is 77.8 Å². The number of rotatable bonds is 5. The Morgan fingerprint density at radius 3 is 2.42 bits per heavy atom. The minimum Gasteiger partial charge on any atom is -0.451 e. The fourth-order valence-electron chi connectivity index (χ4n) is 3.95. The van der Waals surface area contributed by atoms with Crippen molar-refractivity contribution in [1.82, 2.24) is 10.2 Å². The Morgan fingerprint density at radius 1 is 1.00 bits per heavy atom.